The molecule has 3 heterocycles. The highest BCUT2D eigenvalue weighted by Gasteiger charge is 2.35. The molecular formula is C21H19F3N4O. The first-order chi connectivity index (χ1) is 13.9. The predicted octanol–water partition coefficient (Wildman–Crippen LogP) is 4.44. The van der Waals surface area contributed by atoms with Gasteiger partial charge in [-0.2, -0.15) is 13.2 Å². The lowest BCUT2D eigenvalue weighted by Gasteiger charge is -2.34. The standard InChI is InChI=1S/C21H19F3N4O/c1-14-5-2-3-7-16(14)17-13-28(9-10-29-17)19-11-18(21(22,23)24)26-20(27-19)15-6-4-8-25-12-15/h2-8,11-12,17H,9-10,13H2,1H3. The van der Waals surface area contributed by atoms with Crippen LogP contribution < -0.4 is 4.90 Å². The summed E-state index contributed by atoms with van der Waals surface area (Å²) >= 11 is 0. The maximum absolute atomic E-state index is 13.5. The van der Waals surface area contributed by atoms with Crippen LogP contribution in [0.25, 0.3) is 11.4 Å². The topological polar surface area (TPSA) is 51.1 Å². The molecule has 1 aliphatic rings. The van der Waals surface area contributed by atoms with Crippen molar-refractivity contribution in [2.45, 2.75) is 19.2 Å². The molecule has 0 bridgehead atoms. The number of morpholine rings is 1. The molecule has 1 fully saturated rings. The van der Waals surface area contributed by atoms with E-state index in [0.717, 1.165) is 17.2 Å². The van der Waals surface area contributed by atoms with Gasteiger partial charge in [-0.3, -0.25) is 4.98 Å². The Labute approximate surface area is 166 Å². The van der Waals surface area contributed by atoms with Gasteiger partial charge in [-0.15, -0.1) is 0 Å². The van der Waals surface area contributed by atoms with Gasteiger partial charge in [0.1, 0.15) is 11.9 Å². The van der Waals surface area contributed by atoms with Crippen LogP contribution in [-0.2, 0) is 10.9 Å². The molecule has 1 saturated heterocycles. The van der Waals surface area contributed by atoms with E-state index in [-0.39, 0.29) is 17.7 Å². The number of aryl methyl sites for hydroxylation is 1. The molecule has 0 saturated carbocycles. The van der Waals surface area contributed by atoms with E-state index in [9.17, 15) is 13.2 Å². The van der Waals surface area contributed by atoms with Crippen LogP contribution in [0.15, 0.2) is 54.9 Å². The fourth-order valence-corrected chi connectivity index (χ4v) is 3.36. The molecule has 0 spiro atoms. The van der Waals surface area contributed by atoms with Crippen LogP contribution in [0.1, 0.15) is 22.9 Å². The van der Waals surface area contributed by atoms with Crippen molar-refractivity contribution in [2.75, 3.05) is 24.6 Å². The van der Waals surface area contributed by atoms with Crippen LogP contribution >= 0.6 is 0 Å². The first-order valence-corrected chi connectivity index (χ1v) is 9.20. The summed E-state index contributed by atoms with van der Waals surface area (Å²) in [5, 5.41) is 0. The quantitative estimate of drug-likeness (QED) is 0.651. The van der Waals surface area contributed by atoms with Crippen LogP contribution in [0.3, 0.4) is 0 Å². The summed E-state index contributed by atoms with van der Waals surface area (Å²) in [6.07, 6.45) is -1.81. The molecular weight excluding hydrogens is 381 g/mol. The van der Waals surface area contributed by atoms with Crippen molar-refractivity contribution in [2.24, 2.45) is 0 Å². The second kappa shape index (κ2) is 7.79. The molecule has 0 aliphatic carbocycles. The van der Waals surface area contributed by atoms with E-state index in [4.69, 9.17) is 4.74 Å². The molecule has 1 unspecified atom stereocenters. The van der Waals surface area contributed by atoms with Crippen molar-refractivity contribution in [3.63, 3.8) is 0 Å². The average molecular weight is 400 g/mol. The minimum atomic E-state index is -4.57. The number of hydrogen-bond donors (Lipinski definition) is 0. The SMILES string of the molecule is Cc1ccccc1C1CN(c2cc(C(F)(F)F)nc(-c3cccnc3)n2)CCO1. The van der Waals surface area contributed by atoms with Gasteiger partial charge < -0.3 is 9.64 Å². The van der Waals surface area contributed by atoms with E-state index in [1.807, 2.05) is 36.1 Å². The molecule has 29 heavy (non-hydrogen) atoms. The van der Waals surface area contributed by atoms with Crippen molar-refractivity contribution in [1.82, 2.24) is 15.0 Å². The Balaban J connectivity index is 1.71. The first-order valence-electron chi connectivity index (χ1n) is 9.20. The van der Waals surface area contributed by atoms with Crippen molar-refractivity contribution in [3.8, 4) is 11.4 Å². The third-order valence-corrected chi connectivity index (χ3v) is 4.85. The lowest BCUT2D eigenvalue weighted by molar-refractivity contribution is -0.141. The van der Waals surface area contributed by atoms with E-state index in [1.165, 1.54) is 6.20 Å². The predicted molar refractivity (Wildman–Crippen MR) is 102 cm³/mol. The maximum atomic E-state index is 13.5. The highest BCUT2D eigenvalue weighted by molar-refractivity contribution is 5.57. The third-order valence-electron chi connectivity index (χ3n) is 4.85. The zero-order valence-electron chi connectivity index (χ0n) is 15.7. The Morgan fingerprint density at radius 3 is 2.66 bits per heavy atom. The average Bonchev–Trinajstić information content (AvgIpc) is 2.74. The van der Waals surface area contributed by atoms with Gasteiger partial charge in [-0.25, -0.2) is 9.97 Å². The lowest BCUT2D eigenvalue weighted by Crippen LogP contribution is -2.39. The second-order valence-corrected chi connectivity index (χ2v) is 6.84. The summed E-state index contributed by atoms with van der Waals surface area (Å²) < 4.78 is 46.3. The molecule has 3 aromatic rings. The fraction of sp³-hybridized carbons (Fsp3) is 0.286. The summed E-state index contributed by atoms with van der Waals surface area (Å²) in [5.74, 6) is 0.231. The zero-order chi connectivity index (χ0) is 20.4. The monoisotopic (exact) mass is 400 g/mol. The maximum Gasteiger partial charge on any atom is 0.433 e. The van der Waals surface area contributed by atoms with Crippen LogP contribution in [0.2, 0.25) is 0 Å². The van der Waals surface area contributed by atoms with Gasteiger partial charge in [0.2, 0.25) is 0 Å². The molecule has 2 aromatic heterocycles. The molecule has 1 atom stereocenters. The number of benzene rings is 1. The second-order valence-electron chi connectivity index (χ2n) is 6.84. The number of halogens is 3. The van der Waals surface area contributed by atoms with E-state index in [2.05, 4.69) is 15.0 Å². The van der Waals surface area contributed by atoms with Crippen LogP contribution in [0.5, 0.6) is 0 Å². The van der Waals surface area contributed by atoms with Crippen molar-refractivity contribution in [1.29, 1.82) is 0 Å². The lowest BCUT2D eigenvalue weighted by atomic mass is 10.0. The summed E-state index contributed by atoms with van der Waals surface area (Å²) in [5.41, 5.74) is 1.56. The van der Waals surface area contributed by atoms with Gasteiger partial charge in [-0.05, 0) is 30.2 Å². The smallest absolute Gasteiger partial charge is 0.370 e. The number of anilines is 1. The fourth-order valence-electron chi connectivity index (χ4n) is 3.36. The van der Waals surface area contributed by atoms with E-state index in [0.29, 0.717) is 25.3 Å². The van der Waals surface area contributed by atoms with Gasteiger partial charge in [0.15, 0.2) is 11.5 Å². The number of pyridine rings is 1. The van der Waals surface area contributed by atoms with Gasteiger partial charge in [-0.1, -0.05) is 24.3 Å². The molecule has 4 rings (SSSR count). The van der Waals surface area contributed by atoms with E-state index in [1.54, 1.807) is 18.3 Å². The summed E-state index contributed by atoms with van der Waals surface area (Å²) in [6.45, 7) is 3.24. The minimum Gasteiger partial charge on any atom is -0.370 e. The van der Waals surface area contributed by atoms with Gasteiger partial charge in [0, 0.05) is 37.1 Å². The highest BCUT2D eigenvalue weighted by atomic mass is 19.4. The molecule has 1 aromatic carbocycles. The minimum absolute atomic E-state index is 0.00172. The highest BCUT2D eigenvalue weighted by Crippen LogP contribution is 2.33. The van der Waals surface area contributed by atoms with Gasteiger partial charge in [0.25, 0.3) is 0 Å². The van der Waals surface area contributed by atoms with Crippen molar-refractivity contribution < 1.29 is 17.9 Å². The zero-order valence-corrected chi connectivity index (χ0v) is 15.7. The molecule has 5 nitrogen and oxygen atoms in total. The Morgan fingerprint density at radius 2 is 1.93 bits per heavy atom. The third kappa shape index (κ3) is 4.22. The molecule has 1 aliphatic heterocycles. The van der Waals surface area contributed by atoms with Crippen LogP contribution in [-0.4, -0.2) is 34.6 Å². The Bertz CT molecular complexity index is 995. The number of hydrogen-bond acceptors (Lipinski definition) is 5. The number of nitrogens with zero attached hydrogens (tertiary/aromatic N) is 4. The number of aromatic nitrogens is 3. The largest absolute Gasteiger partial charge is 0.433 e. The molecule has 150 valence electrons. The van der Waals surface area contributed by atoms with Crippen molar-refractivity contribution in [3.05, 3.63) is 71.7 Å². The summed E-state index contributed by atoms with van der Waals surface area (Å²) in [7, 11) is 0. The van der Waals surface area contributed by atoms with Crippen molar-refractivity contribution >= 4 is 5.82 Å². The van der Waals surface area contributed by atoms with E-state index >= 15 is 0 Å². The van der Waals surface area contributed by atoms with E-state index < -0.39 is 11.9 Å². The van der Waals surface area contributed by atoms with Gasteiger partial charge >= 0.3 is 6.18 Å². The van der Waals surface area contributed by atoms with Gasteiger partial charge in [0.05, 0.1) is 6.61 Å². The van der Waals surface area contributed by atoms with Crippen LogP contribution in [0, 0.1) is 6.92 Å². The number of ether oxygens (including phenoxy) is 1. The Morgan fingerprint density at radius 1 is 1.10 bits per heavy atom. The molecule has 0 amide bonds. The van der Waals surface area contributed by atoms with Crippen LogP contribution in [0.4, 0.5) is 19.0 Å². The summed E-state index contributed by atoms with van der Waals surface area (Å²) in [4.78, 5) is 13.9. The normalized spacial score (nSPS) is 17.4. The number of alkyl halides is 3. The first kappa shape index (κ1) is 19.3. The molecule has 0 radical (unpaired) electrons. The number of rotatable bonds is 3. The Kier molecular flexibility index (Phi) is 5.19. The molecule has 0 N–H and O–H groups in total. The molecule has 8 heteroatoms. The Hall–Kier alpha value is -3.00. The summed E-state index contributed by atoms with van der Waals surface area (Å²) in [6, 6.07) is 12.1.